The molecule has 1 aromatic heterocycles. The summed E-state index contributed by atoms with van der Waals surface area (Å²) in [7, 11) is 0. The third-order valence-corrected chi connectivity index (χ3v) is 6.43. The molecule has 1 aliphatic carbocycles. The molecule has 1 saturated carbocycles. The summed E-state index contributed by atoms with van der Waals surface area (Å²) in [6.07, 6.45) is 5.28. The van der Waals surface area contributed by atoms with E-state index >= 15 is 0 Å². The van der Waals surface area contributed by atoms with Gasteiger partial charge in [-0.15, -0.1) is 0 Å². The number of aliphatic carboxylic acids is 1. The number of amides is 1. The third kappa shape index (κ3) is 7.14. The summed E-state index contributed by atoms with van der Waals surface area (Å²) < 4.78 is 43.7. The van der Waals surface area contributed by atoms with Crippen LogP contribution in [0.1, 0.15) is 49.7 Å². The molecule has 7 nitrogen and oxygen atoms in total. The minimum atomic E-state index is -5.08. The summed E-state index contributed by atoms with van der Waals surface area (Å²) in [4.78, 5) is 27.5. The molecule has 3 heterocycles. The molecular formula is C23H31F3N2O5. The second-order valence-corrected chi connectivity index (χ2v) is 9.23. The Morgan fingerprint density at radius 3 is 2.55 bits per heavy atom. The van der Waals surface area contributed by atoms with E-state index in [4.69, 9.17) is 19.4 Å². The lowest BCUT2D eigenvalue weighted by Gasteiger charge is -2.54. The maximum atomic E-state index is 12.3. The minimum Gasteiger partial charge on any atom is -0.475 e. The largest absolute Gasteiger partial charge is 0.490 e. The Labute approximate surface area is 191 Å². The van der Waals surface area contributed by atoms with E-state index in [0.717, 1.165) is 64.0 Å². The Morgan fingerprint density at radius 2 is 1.97 bits per heavy atom. The number of aromatic nitrogens is 1. The summed E-state index contributed by atoms with van der Waals surface area (Å²) in [6, 6.07) is 2.12. The van der Waals surface area contributed by atoms with Gasteiger partial charge in [-0.25, -0.2) is 4.79 Å². The fourth-order valence-electron chi connectivity index (χ4n) is 4.45. The van der Waals surface area contributed by atoms with Crippen molar-refractivity contribution < 1.29 is 37.3 Å². The van der Waals surface area contributed by atoms with Crippen molar-refractivity contribution in [2.45, 2.75) is 63.8 Å². The Bertz CT molecular complexity index is 823. The summed E-state index contributed by atoms with van der Waals surface area (Å²) in [5.74, 6) is -1.45. The summed E-state index contributed by atoms with van der Waals surface area (Å²) in [5.41, 5.74) is 2.24. The standard InChI is InChI=1S/C21H30N2O3.C2HF3O2/c1-16-9-18(12-22-11-16)13-25-7-5-17-6-8-26-21(10-17)14-23(15-21)20(24)19-3-2-4-19;3-2(4,5)1(6)7/h9,11-12,17,19H,2-8,10,13-15H2,1H3;(H,6,7). The molecule has 10 heteroatoms. The van der Waals surface area contributed by atoms with Crippen molar-refractivity contribution in [3.8, 4) is 0 Å². The molecule has 2 aliphatic heterocycles. The lowest BCUT2D eigenvalue weighted by Crippen LogP contribution is -2.67. The van der Waals surface area contributed by atoms with Gasteiger partial charge >= 0.3 is 12.1 Å². The zero-order valence-electron chi connectivity index (χ0n) is 18.8. The third-order valence-electron chi connectivity index (χ3n) is 6.43. The predicted molar refractivity (Wildman–Crippen MR) is 112 cm³/mol. The molecule has 0 bridgehead atoms. The fraction of sp³-hybridized carbons (Fsp3) is 0.696. The van der Waals surface area contributed by atoms with Gasteiger partial charge < -0.3 is 19.5 Å². The van der Waals surface area contributed by atoms with Crippen molar-refractivity contribution in [3.63, 3.8) is 0 Å². The van der Waals surface area contributed by atoms with Gasteiger partial charge in [0.05, 0.1) is 19.7 Å². The number of ether oxygens (including phenoxy) is 2. The number of halogens is 3. The first-order chi connectivity index (χ1) is 15.6. The van der Waals surface area contributed by atoms with Crippen LogP contribution in [0.15, 0.2) is 18.5 Å². The van der Waals surface area contributed by atoms with Crippen LogP contribution in [-0.2, 0) is 25.7 Å². The second-order valence-electron chi connectivity index (χ2n) is 9.23. The number of hydrogen-bond acceptors (Lipinski definition) is 5. The van der Waals surface area contributed by atoms with E-state index in [9.17, 15) is 18.0 Å². The van der Waals surface area contributed by atoms with Gasteiger partial charge in [-0.1, -0.05) is 12.5 Å². The van der Waals surface area contributed by atoms with Crippen LogP contribution < -0.4 is 0 Å². The molecule has 4 rings (SSSR count). The molecule has 0 aromatic carbocycles. The van der Waals surface area contributed by atoms with Gasteiger partial charge in [0.2, 0.25) is 5.91 Å². The van der Waals surface area contributed by atoms with Gasteiger partial charge in [-0.2, -0.15) is 13.2 Å². The average Bonchev–Trinajstić information content (AvgIpc) is 2.68. The number of carbonyl (C=O) groups is 2. The van der Waals surface area contributed by atoms with Gasteiger partial charge in [-0.05, 0) is 56.1 Å². The van der Waals surface area contributed by atoms with Crippen LogP contribution in [0.25, 0.3) is 0 Å². The molecule has 1 amide bonds. The van der Waals surface area contributed by atoms with Crippen LogP contribution >= 0.6 is 0 Å². The van der Waals surface area contributed by atoms with Crippen molar-refractivity contribution in [1.29, 1.82) is 0 Å². The number of likely N-dealkylation sites (tertiary alicyclic amines) is 1. The number of alkyl halides is 3. The van der Waals surface area contributed by atoms with Gasteiger partial charge in [-0.3, -0.25) is 9.78 Å². The number of carboxylic acids is 1. The number of hydrogen-bond donors (Lipinski definition) is 1. The van der Waals surface area contributed by atoms with E-state index in [-0.39, 0.29) is 5.60 Å². The Hall–Kier alpha value is -2.20. The molecule has 184 valence electrons. The van der Waals surface area contributed by atoms with Crippen molar-refractivity contribution >= 4 is 11.9 Å². The lowest BCUT2D eigenvalue weighted by molar-refractivity contribution is -0.193. The van der Waals surface area contributed by atoms with Crippen molar-refractivity contribution in [2.75, 3.05) is 26.3 Å². The van der Waals surface area contributed by atoms with Crippen LogP contribution in [0, 0.1) is 18.8 Å². The van der Waals surface area contributed by atoms with E-state index in [0.29, 0.717) is 24.3 Å². The summed E-state index contributed by atoms with van der Waals surface area (Å²) >= 11 is 0. The van der Waals surface area contributed by atoms with E-state index in [1.165, 1.54) is 12.0 Å². The number of rotatable bonds is 6. The molecule has 1 N–H and O–H groups in total. The number of carbonyl (C=O) groups excluding carboxylic acids is 1. The minimum absolute atomic E-state index is 0.0667. The van der Waals surface area contributed by atoms with E-state index in [2.05, 4.69) is 18.0 Å². The number of nitrogens with zero attached hydrogens (tertiary/aromatic N) is 2. The predicted octanol–water partition coefficient (Wildman–Crippen LogP) is 3.74. The van der Waals surface area contributed by atoms with E-state index in [1.807, 2.05) is 17.3 Å². The van der Waals surface area contributed by atoms with Gasteiger partial charge in [0.15, 0.2) is 0 Å². The molecule has 33 heavy (non-hydrogen) atoms. The Balaban J connectivity index is 0.000000383. The SMILES string of the molecule is Cc1cncc(COCCC2CCOC3(C2)CN(C(=O)C2CCC2)C3)c1.O=C(O)C(F)(F)F. The molecule has 1 aromatic rings. The maximum Gasteiger partial charge on any atom is 0.490 e. The maximum absolute atomic E-state index is 12.3. The molecule has 2 saturated heterocycles. The smallest absolute Gasteiger partial charge is 0.475 e. The highest BCUT2D eigenvalue weighted by molar-refractivity contribution is 5.80. The van der Waals surface area contributed by atoms with Crippen LogP contribution in [0.5, 0.6) is 0 Å². The molecule has 0 radical (unpaired) electrons. The lowest BCUT2D eigenvalue weighted by atomic mass is 9.77. The highest BCUT2D eigenvalue weighted by atomic mass is 19.4. The zero-order chi connectivity index (χ0) is 24.1. The molecule has 3 fully saturated rings. The molecular weight excluding hydrogens is 441 g/mol. The molecule has 1 spiro atoms. The first kappa shape index (κ1) is 25.4. The first-order valence-corrected chi connectivity index (χ1v) is 11.3. The van der Waals surface area contributed by atoms with Crippen molar-refractivity contribution in [3.05, 3.63) is 29.6 Å². The fourth-order valence-corrected chi connectivity index (χ4v) is 4.45. The van der Waals surface area contributed by atoms with Crippen molar-refractivity contribution in [2.24, 2.45) is 11.8 Å². The van der Waals surface area contributed by atoms with E-state index in [1.54, 1.807) is 0 Å². The average molecular weight is 473 g/mol. The van der Waals surface area contributed by atoms with Gasteiger partial charge in [0.25, 0.3) is 0 Å². The van der Waals surface area contributed by atoms with E-state index < -0.39 is 12.1 Å². The highest BCUT2D eigenvalue weighted by Crippen LogP contribution is 2.40. The number of aryl methyl sites for hydroxylation is 1. The molecule has 3 aliphatic rings. The van der Waals surface area contributed by atoms with Gasteiger partial charge in [0, 0.05) is 31.5 Å². The zero-order valence-corrected chi connectivity index (χ0v) is 18.8. The quantitative estimate of drug-likeness (QED) is 0.635. The van der Waals surface area contributed by atoms with Crippen LogP contribution in [0.4, 0.5) is 13.2 Å². The molecule has 1 unspecified atom stereocenters. The van der Waals surface area contributed by atoms with Gasteiger partial charge in [0.1, 0.15) is 5.60 Å². The molecule has 1 atom stereocenters. The monoisotopic (exact) mass is 472 g/mol. The second kappa shape index (κ2) is 10.8. The van der Waals surface area contributed by atoms with Crippen LogP contribution in [0.2, 0.25) is 0 Å². The number of carboxylic acid groups (broad SMARTS) is 1. The Kier molecular flexibility index (Phi) is 8.33. The Morgan fingerprint density at radius 1 is 1.27 bits per heavy atom. The highest BCUT2D eigenvalue weighted by Gasteiger charge is 2.50. The van der Waals surface area contributed by atoms with Crippen LogP contribution in [0.3, 0.4) is 0 Å². The first-order valence-electron chi connectivity index (χ1n) is 11.3. The normalized spacial score (nSPS) is 22.1. The van der Waals surface area contributed by atoms with Crippen molar-refractivity contribution in [1.82, 2.24) is 9.88 Å². The van der Waals surface area contributed by atoms with Crippen LogP contribution in [-0.4, -0.2) is 64.9 Å². The number of pyridine rings is 1. The topological polar surface area (TPSA) is 89.0 Å². The summed E-state index contributed by atoms with van der Waals surface area (Å²) in [5, 5.41) is 7.12. The summed E-state index contributed by atoms with van der Waals surface area (Å²) in [6.45, 7) is 5.88.